The van der Waals surface area contributed by atoms with Gasteiger partial charge in [-0.1, -0.05) is 19.1 Å². The summed E-state index contributed by atoms with van der Waals surface area (Å²) in [6.45, 7) is 2.61. The molecule has 0 radical (unpaired) electrons. The van der Waals surface area contributed by atoms with Gasteiger partial charge in [-0.25, -0.2) is 0 Å². The van der Waals surface area contributed by atoms with Crippen molar-refractivity contribution in [2.45, 2.75) is 38.3 Å². The molecule has 0 aliphatic carbocycles. The molecule has 1 aliphatic heterocycles. The fourth-order valence-electron chi connectivity index (χ4n) is 2.68. The summed E-state index contributed by atoms with van der Waals surface area (Å²) in [6.07, 6.45) is 2.20. The number of hydrogen-bond donors (Lipinski definition) is 1. The molecule has 2 unspecified atom stereocenters. The predicted molar refractivity (Wildman–Crippen MR) is 73.1 cm³/mol. The number of nitriles is 1. The first-order valence-electron chi connectivity index (χ1n) is 6.72. The molecule has 1 heterocycles. The highest BCUT2D eigenvalue weighted by Gasteiger charge is 2.31. The molecule has 4 heteroatoms. The van der Waals surface area contributed by atoms with Crippen LogP contribution in [0.3, 0.4) is 0 Å². The maximum absolute atomic E-state index is 11.9. The van der Waals surface area contributed by atoms with Crippen LogP contribution < -0.4 is 5.73 Å². The van der Waals surface area contributed by atoms with E-state index >= 15 is 0 Å². The van der Waals surface area contributed by atoms with Gasteiger partial charge in [-0.3, -0.25) is 4.79 Å². The highest BCUT2D eigenvalue weighted by molar-refractivity contribution is 5.76. The molecule has 19 heavy (non-hydrogen) atoms. The van der Waals surface area contributed by atoms with E-state index in [-0.39, 0.29) is 18.0 Å². The molecule has 1 saturated heterocycles. The molecule has 4 nitrogen and oxygen atoms in total. The summed E-state index contributed by atoms with van der Waals surface area (Å²) in [7, 11) is 0. The van der Waals surface area contributed by atoms with Crippen LogP contribution in [0.1, 0.15) is 43.2 Å². The van der Waals surface area contributed by atoms with Gasteiger partial charge in [0.25, 0.3) is 0 Å². The van der Waals surface area contributed by atoms with E-state index in [1.807, 2.05) is 31.2 Å². The van der Waals surface area contributed by atoms with Gasteiger partial charge in [0.05, 0.1) is 17.8 Å². The number of benzene rings is 1. The summed E-state index contributed by atoms with van der Waals surface area (Å²) in [5, 5.41) is 8.81. The molecule has 2 atom stereocenters. The minimum absolute atomic E-state index is 0.117. The van der Waals surface area contributed by atoms with Crippen molar-refractivity contribution >= 4 is 5.91 Å². The Kier molecular flexibility index (Phi) is 4.18. The number of likely N-dealkylation sites (tertiary alicyclic amines) is 1. The number of carbonyl (C=O) groups is 1. The van der Waals surface area contributed by atoms with Crippen LogP contribution in [0, 0.1) is 11.3 Å². The van der Waals surface area contributed by atoms with Gasteiger partial charge < -0.3 is 10.6 Å². The van der Waals surface area contributed by atoms with E-state index in [4.69, 9.17) is 11.0 Å². The highest BCUT2D eigenvalue weighted by atomic mass is 16.2. The molecule has 100 valence electrons. The summed E-state index contributed by atoms with van der Waals surface area (Å²) in [6, 6.07) is 9.62. The average Bonchev–Trinajstić information content (AvgIpc) is 2.47. The van der Waals surface area contributed by atoms with Crippen LogP contribution >= 0.6 is 0 Å². The number of nitrogens with zero attached hydrogens (tertiary/aromatic N) is 2. The number of amides is 1. The number of nitrogens with two attached hydrogens (primary N) is 1. The first kappa shape index (κ1) is 13.6. The lowest BCUT2D eigenvalue weighted by molar-refractivity contribution is -0.134. The normalized spacial score (nSPS) is 22.9. The Morgan fingerprint density at radius 3 is 2.74 bits per heavy atom. The molecule has 0 bridgehead atoms. The van der Waals surface area contributed by atoms with Gasteiger partial charge in [0.15, 0.2) is 0 Å². The SMILES string of the molecule is CCC(=O)N1CCCC(c2ccc(C#N)cc2)C1N. The van der Waals surface area contributed by atoms with Gasteiger partial charge in [0.2, 0.25) is 5.91 Å². The Morgan fingerprint density at radius 2 is 2.16 bits per heavy atom. The Balaban J connectivity index is 2.19. The monoisotopic (exact) mass is 257 g/mol. The number of piperidine rings is 1. The first-order chi connectivity index (χ1) is 9.17. The zero-order valence-electron chi connectivity index (χ0n) is 11.2. The standard InChI is InChI=1S/C15H19N3O/c1-2-14(19)18-9-3-4-13(15(18)17)12-7-5-11(10-16)6-8-12/h5-8,13,15H,2-4,9,17H2,1H3. The van der Waals surface area contributed by atoms with Gasteiger partial charge in [0.1, 0.15) is 0 Å². The molecule has 0 aromatic heterocycles. The van der Waals surface area contributed by atoms with Gasteiger partial charge in [-0.05, 0) is 30.5 Å². The molecule has 1 aliphatic rings. The second kappa shape index (κ2) is 5.85. The van der Waals surface area contributed by atoms with Crippen LogP contribution in [0.15, 0.2) is 24.3 Å². The van der Waals surface area contributed by atoms with Crippen molar-refractivity contribution in [3.8, 4) is 6.07 Å². The lowest BCUT2D eigenvalue weighted by Crippen LogP contribution is -2.52. The summed E-state index contributed by atoms with van der Waals surface area (Å²) in [5.41, 5.74) is 8.00. The summed E-state index contributed by atoms with van der Waals surface area (Å²) in [4.78, 5) is 13.6. The maximum atomic E-state index is 11.9. The topological polar surface area (TPSA) is 70.1 Å². The quantitative estimate of drug-likeness (QED) is 0.880. The van der Waals surface area contributed by atoms with Crippen LogP contribution in [0.4, 0.5) is 0 Å². The van der Waals surface area contributed by atoms with Crippen molar-refractivity contribution < 1.29 is 4.79 Å². The Labute approximate surface area is 113 Å². The number of carbonyl (C=O) groups excluding carboxylic acids is 1. The fraction of sp³-hybridized carbons (Fsp3) is 0.467. The Bertz CT molecular complexity index is 489. The summed E-state index contributed by atoms with van der Waals surface area (Å²) >= 11 is 0. The average molecular weight is 257 g/mol. The van der Waals surface area contributed by atoms with Crippen molar-refractivity contribution in [2.24, 2.45) is 5.73 Å². The van der Waals surface area contributed by atoms with Crippen molar-refractivity contribution in [3.05, 3.63) is 35.4 Å². The first-order valence-corrected chi connectivity index (χ1v) is 6.72. The van der Waals surface area contributed by atoms with Crippen molar-refractivity contribution in [3.63, 3.8) is 0 Å². The third-order valence-corrected chi connectivity index (χ3v) is 3.78. The van der Waals surface area contributed by atoms with Crippen LogP contribution in [0.2, 0.25) is 0 Å². The Hall–Kier alpha value is -1.86. The fourth-order valence-corrected chi connectivity index (χ4v) is 2.68. The molecule has 2 rings (SSSR count). The zero-order valence-corrected chi connectivity index (χ0v) is 11.2. The van der Waals surface area contributed by atoms with E-state index < -0.39 is 0 Å². The molecule has 1 aromatic rings. The molecule has 1 fully saturated rings. The van der Waals surface area contributed by atoms with E-state index in [2.05, 4.69) is 6.07 Å². The Morgan fingerprint density at radius 1 is 1.47 bits per heavy atom. The lowest BCUT2D eigenvalue weighted by Gasteiger charge is -2.39. The zero-order chi connectivity index (χ0) is 13.8. The van der Waals surface area contributed by atoms with Crippen LogP contribution in [0.25, 0.3) is 0 Å². The number of rotatable bonds is 2. The van der Waals surface area contributed by atoms with E-state index in [9.17, 15) is 4.79 Å². The van der Waals surface area contributed by atoms with E-state index in [1.165, 1.54) is 0 Å². The number of hydrogen-bond acceptors (Lipinski definition) is 3. The smallest absolute Gasteiger partial charge is 0.223 e. The molecule has 0 saturated carbocycles. The molecular weight excluding hydrogens is 238 g/mol. The molecule has 0 spiro atoms. The van der Waals surface area contributed by atoms with Crippen molar-refractivity contribution in [2.75, 3.05) is 6.54 Å². The van der Waals surface area contributed by atoms with E-state index in [1.54, 1.807) is 4.90 Å². The second-order valence-corrected chi connectivity index (χ2v) is 4.91. The molecule has 1 aromatic carbocycles. The molecular formula is C15H19N3O. The maximum Gasteiger partial charge on any atom is 0.223 e. The van der Waals surface area contributed by atoms with Crippen LogP contribution in [-0.4, -0.2) is 23.5 Å². The second-order valence-electron chi connectivity index (χ2n) is 4.91. The van der Waals surface area contributed by atoms with Gasteiger partial charge in [0, 0.05) is 18.9 Å². The predicted octanol–water partition coefficient (Wildman–Crippen LogP) is 1.96. The highest BCUT2D eigenvalue weighted by Crippen LogP contribution is 2.30. The molecule has 1 amide bonds. The van der Waals surface area contributed by atoms with E-state index in [0.717, 1.165) is 24.9 Å². The largest absolute Gasteiger partial charge is 0.327 e. The van der Waals surface area contributed by atoms with Gasteiger partial charge in [-0.2, -0.15) is 5.26 Å². The van der Waals surface area contributed by atoms with Crippen molar-refractivity contribution in [1.29, 1.82) is 5.26 Å². The third-order valence-electron chi connectivity index (χ3n) is 3.78. The minimum Gasteiger partial charge on any atom is -0.327 e. The van der Waals surface area contributed by atoms with Gasteiger partial charge >= 0.3 is 0 Å². The van der Waals surface area contributed by atoms with Crippen LogP contribution in [-0.2, 0) is 4.79 Å². The van der Waals surface area contributed by atoms with Crippen LogP contribution in [0.5, 0.6) is 0 Å². The minimum atomic E-state index is -0.255. The summed E-state index contributed by atoms with van der Waals surface area (Å²) < 4.78 is 0. The summed E-state index contributed by atoms with van der Waals surface area (Å²) in [5.74, 6) is 0.280. The van der Waals surface area contributed by atoms with Gasteiger partial charge in [-0.15, -0.1) is 0 Å². The van der Waals surface area contributed by atoms with Crippen molar-refractivity contribution in [1.82, 2.24) is 4.90 Å². The van der Waals surface area contributed by atoms with E-state index in [0.29, 0.717) is 12.0 Å². The lowest BCUT2D eigenvalue weighted by atomic mass is 9.87. The molecule has 2 N–H and O–H groups in total. The third kappa shape index (κ3) is 2.77.